The Morgan fingerprint density at radius 3 is 1.92 bits per heavy atom. The van der Waals surface area contributed by atoms with Gasteiger partial charge in [0, 0.05) is 5.92 Å². The maximum absolute atomic E-state index is 2.20. The topological polar surface area (TPSA) is 0 Å². The zero-order valence-corrected chi connectivity index (χ0v) is 8.27. The molecule has 0 aliphatic carbocycles. The number of hydrogen-bond donors (Lipinski definition) is 0. The number of rotatable bonds is 3. The lowest BCUT2D eigenvalue weighted by molar-refractivity contribution is 1.07. The molecule has 0 aliphatic heterocycles. The zero-order chi connectivity index (χ0) is 9.52. The molecule has 0 radical (unpaired) electrons. The molecule has 0 nitrogen and oxygen atoms in total. The third kappa shape index (κ3) is 2.90. The van der Waals surface area contributed by atoms with Crippen LogP contribution in [0, 0.1) is 0 Å². The van der Waals surface area contributed by atoms with Gasteiger partial charge in [0.15, 0.2) is 0 Å². The quantitative estimate of drug-likeness (QED) is 0.606. The van der Waals surface area contributed by atoms with Gasteiger partial charge in [-0.1, -0.05) is 54.6 Å². The van der Waals surface area contributed by atoms with E-state index < -0.39 is 0 Å². The van der Waals surface area contributed by atoms with Crippen molar-refractivity contribution in [2.75, 3.05) is 0 Å². The Morgan fingerprint density at radius 2 is 1.46 bits per heavy atom. The molecule has 0 saturated heterocycles. The van der Waals surface area contributed by atoms with Crippen LogP contribution in [-0.4, -0.2) is 0 Å². The lowest BCUT2D eigenvalue weighted by Gasteiger charge is -2.06. The van der Waals surface area contributed by atoms with E-state index in [1.54, 1.807) is 0 Å². The molecule has 68 valence electrons. The lowest BCUT2D eigenvalue weighted by Crippen LogP contribution is -1.89. The Morgan fingerprint density at radius 1 is 0.923 bits per heavy atom. The van der Waals surface area contributed by atoms with Crippen molar-refractivity contribution < 1.29 is 0 Å². The van der Waals surface area contributed by atoms with Gasteiger partial charge in [0.25, 0.3) is 0 Å². The average Bonchev–Trinajstić information content (AvgIpc) is 2.19. The average molecular weight is 172 g/mol. The SMILES string of the molecule is C/C=C/C(/C=C/C)c1ccccc1. The highest BCUT2D eigenvalue weighted by Gasteiger charge is 2.00. The summed E-state index contributed by atoms with van der Waals surface area (Å²) in [5, 5.41) is 0. The van der Waals surface area contributed by atoms with Crippen molar-refractivity contribution in [1.29, 1.82) is 0 Å². The molecule has 0 N–H and O–H groups in total. The fraction of sp³-hybridized carbons (Fsp3) is 0.231. The van der Waals surface area contributed by atoms with Crippen LogP contribution >= 0.6 is 0 Å². The molecule has 0 spiro atoms. The molecular formula is C13H16. The second-order valence-electron chi connectivity index (χ2n) is 2.99. The van der Waals surface area contributed by atoms with E-state index in [1.807, 2.05) is 6.07 Å². The highest BCUT2D eigenvalue weighted by molar-refractivity contribution is 5.28. The summed E-state index contributed by atoms with van der Waals surface area (Å²) in [4.78, 5) is 0. The Kier molecular flexibility index (Phi) is 4.04. The summed E-state index contributed by atoms with van der Waals surface area (Å²) in [5.41, 5.74) is 1.35. The first kappa shape index (κ1) is 9.79. The van der Waals surface area contributed by atoms with Crippen molar-refractivity contribution in [3.8, 4) is 0 Å². The van der Waals surface area contributed by atoms with Crippen LogP contribution in [0.5, 0.6) is 0 Å². The summed E-state index contributed by atoms with van der Waals surface area (Å²) >= 11 is 0. The van der Waals surface area contributed by atoms with Crippen molar-refractivity contribution in [2.45, 2.75) is 19.8 Å². The maximum Gasteiger partial charge on any atom is 0.0198 e. The second kappa shape index (κ2) is 5.36. The van der Waals surface area contributed by atoms with Crippen LogP contribution in [0.3, 0.4) is 0 Å². The summed E-state index contributed by atoms with van der Waals surface area (Å²) in [6, 6.07) is 10.5. The highest BCUT2D eigenvalue weighted by Crippen LogP contribution is 2.18. The van der Waals surface area contributed by atoms with Crippen molar-refractivity contribution in [2.24, 2.45) is 0 Å². The van der Waals surface area contributed by atoms with E-state index in [0.29, 0.717) is 5.92 Å². The summed E-state index contributed by atoms with van der Waals surface area (Å²) in [7, 11) is 0. The van der Waals surface area contributed by atoms with E-state index in [-0.39, 0.29) is 0 Å². The Hall–Kier alpha value is -1.30. The summed E-state index contributed by atoms with van der Waals surface area (Å²) in [6.07, 6.45) is 8.60. The largest absolute Gasteiger partial charge is 0.0907 e. The van der Waals surface area contributed by atoms with Crippen LogP contribution in [0.25, 0.3) is 0 Å². The van der Waals surface area contributed by atoms with Gasteiger partial charge in [0.1, 0.15) is 0 Å². The molecule has 0 aromatic heterocycles. The zero-order valence-electron chi connectivity index (χ0n) is 8.27. The van der Waals surface area contributed by atoms with Crippen molar-refractivity contribution >= 4 is 0 Å². The number of allylic oxidation sites excluding steroid dienone is 4. The lowest BCUT2D eigenvalue weighted by atomic mass is 9.98. The van der Waals surface area contributed by atoms with E-state index in [4.69, 9.17) is 0 Å². The molecule has 0 fully saturated rings. The van der Waals surface area contributed by atoms with Crippen LogP contribution in [0.4, 0.5) is 0 Å². The molecular weight excluding hydrogens is 156 g/mol. The molecule has 13 heavy (non-hydrogen) atoms. The monoisotopic (exact) mass is 172 g/mol. The molecule has 1 rings (SSSR count). The summed E-state index contributed by atoms with van der Waals surface area (Å²) in [5.74, 6) is 0.427. The van der Waals surface area contributed by atoms with Gasteiger partial charge < -0.3 is 0 Å². The van der Waals surface area contributed by atoms with E-state index in [0.717, 1.165) is 0 Å². The first-order valence-corrected chi connectivity index (χ1v) is 4.69. The predicted octanol–water partition coefficient (Wildman–Crippen LogP) is 3.92. The van der Waals surface area contributed by atoms with Gasteiger partial charge in [-0.2, -0.15) is 0 Å². The van der Waals surface area contributed by atoms with Crippen LogP contribution in [0.1, 0.15) is 25.3 Å². The predicted molar refractivity (Wildman–Crippen MR) is 58.8 cm³/mol. The molecule has 0 heterocycles. The summed E-state index contributed by atoms with van der Waals surface area (Å²) in [6.45, 7) is 4.11. The fourth-order valence-electron chi connectivity index (χ4n) is 1.38. The van der Waals surface area contributed by atoms with E-state index in [1.165, 1.54) is 5.56 Å². The van der Waals surface area contributed by atoms with Gasteiger partial charge in [-0.05, 0) is 19.4 Å². The Balaban J connectivity index is 2.88. The molecule has 0 unspecified atom stereocenters. The van der Waals surface area contributed by atoms with Gasteiger partial charge in [-0.15, -0.1) is 0 Å². The molecule has 1 aromatic carbocycles. The third-order valence-electron chi connectivity index (χ3n) is 1.98. The molecule has 0 aliphatic rings. The molecule has 0 amide bonds. The minimum absolute atomic E-state index is 0.427. The molecule has 1 aromatic rings. The van der Waals surface area contributed by atoms with Gasteiger partial charge in [0.05, 0.1) is 0 Å². The third-order valence-corrected chi connectivity index (χ3v) is 1.98. The normalized spacial score (nSPS) is 11.9. The van der Waals surface area contributed by atoms with Gasteiger partial charge in [0.2, 0.25) is 0 Å². The number of hydrogen-bond acceptors (Lipinski definition) is 0. The maximum atomic E-state index is 2.20. The number of benzene rings is 1. The minimum Gasteiger partial charge on any atom is -0.0907 e. The van der Waals surface area contributed by atoms with Crippen molar-refractivity contribution in [3.63, 3.8) is 0 Å². The van der Waals surface area contributed by atoms with Crippen molar-refractivity contribution in [3.05, 3.63) is 60.2 Å². The van der Waals surface area contributed by atoms with E-state index in [2.05, 4.69) is 62.4 Å². The minimum atomic E-state index is 0.427. The molecule has 0 bridgehead atoms. The van der Waals surface area contributed by atoms with E-state index in [9.17, 15) is 0 Å². The Labute approximate surface area is 80.6 Å². The highest BCUT2D eigenvalue weighted by atomic mass is 14.0. The van der Waals surface area contributed by atoms with Crippen LogP contribution < -0.4 is 0 Å². The molecule has 0 atom stereocenters. The van der Waals surface area contributed by atoms with Gasteiger partial charge in [-0.25, -0.2) is 0 Å². The molecule has 0 heteroatoms. The smallest absolute Gasteiger partial charge is 0.0198 e. The van der Waals surface area contributed by atoms with Gasteiger partial charge in [-0.3, -0.25) is 0 Å². The standard InChI is InChI=1S/C13H16/c1-3-8-12(9-4-2)13-10-6-5-7-11-13/h3-12H,1-2H3/b8-3+,9-4+. The van der Waals surface area contributed by atoms with E-state index >= 15 is 0 Å². The first-order valence-electron chi connectivity index (χ1n) is 4.69. The molecule has 0 saturated carbocycles. The van der Waals surface area contributed by atoms with Crippen LogP contribution in [-0.2, 0) is 0 Å². The van der Waals surface area contributed by atoms with Crippen LogP contribution in [0.2, 0.25) is 0 Å². The van der Waals surface area contributed by atoms with Crippen LogP contribution in [0.15, 0.2) is 54.6 Å². The second-order valence-corrected chi connectivity index (χ2v) is 2.99. The van der Waals surface area contributed by atoms with Gasteiger partial charge >= 0.3 is 0 Å². The fourth-order valence-corrected chi connectivity index (χ4v) is 1.38. The summed E-state index contributed by atoms with van der Waals surface area (Å²) < 4.78 is 0. The first-order chi connectivity index (χ1) is 6.38. The van der Waals surface area contributed by atoms with Crippen molar-refractivity contribution in [1.82, 2.24) is 0 Å². The Bertz CT molecular complexity index is 268.